The third-order valence-corrected chi connectivity index (χ3v) is 7.78. The largest absolute Gasteiger partial charge is 0.497 e. The third-order valence-electron chi connectivity index (χ3n) is 7.78. The Balaban J connectivity index is 1.25. The van der Waals surface area contributed by atoms with Gasteiger partial charge in [-0.1, -0.05) is 78.9 Å². The second kappa shape index (κ2) is 12.1. The number of anilines is 2. The summed E-state index contributed by atoms with van der Waals surface area (Å²) in [6, 6.07) is 38.4. The molecule has 1 atom stereocenters. The Labute approximate surface area is 241 Å². The first kappa shape index (κ1) is 26.4. The van der Waals surface area contributed by atoms with Crippen LogP contribution in [0.1, 0.15) is 27.5 Å². The number of aromatic nitrogens is 1. The van der Waals surface area contributed by atoms with Gasteiger partial charge in [0.05, 0.1) is 24.2 Å². The maximum absolute atomic E-state index is 14.0. The van der Waals surface area contributed by atoms with E-state index in [-0.39, 0.29) is 11.9 Å². The van der Waals surface area contributed by atoms with Crippen LogP contribution in [0.25, 0.3) is 10.9 Å². The highest BCUT2D eigenvalue weighted by Crippen LogP contribution is 2.27. The maximum Gasteiger partial charge on any atom is 0.252 e. The summed E-state index contributed by atoms with van der Waals surface area (Å²) in [4.78, 5) is 23.6. The van der Waals surface area contributed by atoms with Crippen molar-refractivity contribution in [2.45, 2.75) is 12.5 Å². The van der Waals surface area contributed by atoms with Crippen LogP contribution in [0.3, 0.4) is 0 Å². The lowest BCUT2D eigenvalue weighted by atomic mass is 9.98. The zero-order valence-electron chi connectivity index (χ0n) is 23.2. The second-order valence-corrected chi connectivity index (χ2v) is 10.3. The zero-order chi connectivity index (χ0) is 28.0. The fraction of sp³-hybridized carbons (Fsp3) is 0.200. The molecule has 1 N–H and O–H groups in total. The summed E-state index contributed by atoms with van der Waals surface area (Å²) in [5.74, 6) is 1.60. The number of para-hydroxylation sites is 1. The fourth-order valence-corrected chi connectivity index (χ4v) is 5.52. The molecule has 2 heterocycles. The van der Waals surface area contributed by atoms with E-state index in [1.807, 2.05) is 78.9 Å². The molecule has 1 fully saturated rings. The van der Waals surface area contributed by atoms with Gasteiger partial charge >= 0.3 is 0 Å². The van der Waals surface area contributed by atoms with Gasteiger partial charge in [0.1, 0.15) is 11.6 Å². The molecule has 0 saturated carbocycles. The number of nitrogens with one attached hydrogen (secondary N) is 1. The lowest BCUT2D eigenvalue weighted by Gasteiger charge is -2.37. The monoisotopic (exact) mass is 542 g/mol. The van der Waals surface area contributed by atoms with Gasteiger partial charge in [-0.3, -0.25) is 4.79 Å². The average molecular weight is 543 g/mol. The van der Waals surface area contributed by atoms with Gasteiger partial charge in [0.15, 0.2) is 0 Å². The fourth-order valence-electron chi connectivity index (χ4n) is 5.52. The molecule has 5 aromatic rings. The Kier molecular flexibility index (Phi) is 7.81. The molecular weight excluding hydrogens is 508 g/mol. The van der Waals surface area contributed by atoms with Crippen molar-refractivity contribution in [3.63, 3.8) is 0 Å². The highest BCUT2D eigenvalue weighted by Gasteiger charge is 2.23. The minimum atomic E-state index is -0.158. The van der Waals surface area contributed by atoms with Gasteiger partial charge in [-0.2, -0.15) is 0 Å². The SMILES string of the molecule is COc1ccc(N2CCN(c3cc(C(=O)N[C@H](Cc4ccccc4)c4ccccc4)c4ccccc4n3)CC2)cc1. The molecule has 0 spiro atoms. The van der Waals surface area contributed by atoms with Gasteiger partial charge in [-0.25, -0.2) is 4.98 Å². The van der Waals surface area contributed by atoms with Crippen molar-refractivity contribution in [1.29, 1.82) is 0 Å². The number of carbonyl (C=O) groups excluding carboxylic acids is 1. The Bertz CT molecular complexity index is 1600. The topological polar surface area (TPSA) is 57.7 Å². The molecule has 4 aromatic carbocycles. The molecular formula is C35H34N4O2. The number of amides is 1. The molecule has 1 aromatic heterocycles. The highest BCUT2D eigenvalue weighted by molar-refractivity contribution is 6.07. The second-order valence-electron chi connectivity index (χ2n) is 10.3. The van der Waals surface area contributed by atoms with E-state index in [9.17, 15) is 4.79 Å². The Morgan fingerprint density at radius 3 is 2.15 bits per heavy atom. The van der Waals surface area contributed by atoms with E-state index in [4.69, 9.17) is 9.72 Å². The number of piperazine rings is 1. The summed E-state index contributed by atoms with van der Waals surface area (Å²) < 4.78 is 5.31. The van der Waals surface area contributed by atoms with Crippen LogP contribution in [-0.2, 0) is 6.42 Å². The summed E-state index contributed by atoms with van der Waals surface area (Å²) in [6.45, 7) is 3.38. The summed E-state index contributed by atoms with van der Waals surface area (Å²) in [5, 5.41) is 4.21. The number of fused-ring (bicyclic) bond motifs is 1. The summed E-state index contributed by atoms with van der Waals surface area (Å²) in [5.41, 5.74) is 4.92. The quantitative estimate of drug-likeness (QED) is 0.250. The van der Waals surface area contributed by atoms with Crippen LogP contribution in [0.15, 0.2) is 115 Å². The average Bonchev–Trinajstić information content (AvgIpc) is 3.05. The van der Waals surface area contributed by atoms with E-state index in [0.717, 1.165) is 54.2 Å². The summed E-state index contributed by atoms with van der Waals surface area (Å²) in [7, 11) is 1.68. The Hall–Kier alpha value is -4.84. The summed E-state index contributed by atoms with van der Waals surface area (Å²) in [6.07, 6.45) is 0.708. The predicted molar refractivity (Wildman–Crippen MR) is 166 cm³/mol. The molecule has 0 bridgehead atoms. The van der Waals surface area contributed by atoms with Crippen LogP contribution in [0.2, 0.25) is 0 Å². The van der Waals surface area contributed by atoms with Crippen molar-refractivity contribution in [2.75, 3.05) is 43.1 Å². The molecule has 6 nitrogen and oxygen atoms in total. The first-order valence-electron chi connectivity index (χ1n) is 14.1. The van der Waals surface area contributed by atoms with E-state index in [0.29, 0.717) is 12.0 Å². The number of nitrogens with zero attached hydrogens (tertiary/aromatic N) is 3. The van der Waals surface area contributed by atoms with Crippen molar-refractivity contribution in [3.05, 3.63) is 132 Å². The van der Waals surface area contributed by atoms with E-state index in [2.05, 4.69) is 51.5 Å². The third kappa shape index (κ3) is 6.02. The van der Waals surface area contributed by atoms with Crippen LogP contribution < -0.4 is 19.9 Å². The smallest absolute Gasteiger partial charge is 0.252 e. The standard InChI is InChI=1S/C35H34N4O2/c1-41-29-18-16-28(17-19-29)38-20-22-39(23-21-38)34-25-31(30-14-8-9-15-32(30)36-34)35(40)37-33(27-12-6-3-7-13-27)24-26-10-4-2-5-11-26/h2-19,25,33H,20-24H2,1H3,(H,37,40)/t33-/m1/s1. The molecule has 1 aliphatic heterocycles. The number of benzene rings is 4. The first-order chi connectivity index (χ1) is 20.2. The number of ether oxygens (including phenoxy) is 1. The lowest BCUT2D eigenvalue weighted by molar-refractivity contribution is 0.0938. The minimum Gasteiger partial charge on any atom is -0.497 e. The van der Waals surface area contributed by atoms with E-state index < -0.39 is 0 Å². The van der Waals surface area contributed by atoms with Crippen molar-refractivity contribution >= 4 is 28.3 Å². The van der Waals surface area contributed by atoms with E-state index in [1.165, 1.54) is 11.3 Å². The van der Waals surface area contributed by atoms with Gasteiger partial charge in [0, 0.05) is 37.3 Å². The number of pyridine rings is 1. The summed E-state index contributed by atoms with van der Waals surface area (Å²) >= 11 is 0. The predicted octanol–water partition coefficient (Wildman–Crippen LogP) is 6.28. The number of hydrogen-bond acceptors (Lipinski definition) is 5. The number of rotatable bonds is 8. The van der Waals surface area contributed by atoms with Gasteiger partial charge in [0.25, 0.3) is 5.91 Å². The molecule has 1 saturated heterocycles. The Morgan fingerprint density at radius 1 is 0.805 bits per heavy atom. The molecule has 206 valence electrons. The minimum absolute atomic E-state index is 0.0912. The zero-order valence-corrected chi connectivity index (χ0v) is 23.2. The molecule has 1 amide bonds. The number of hydrogen-bond donors (Lipinski definition) is 1. The van der Waals surface area contributed by atoms with Crippen LogP contribution in [0.4, 0.5) is 11.5 Å². The number of carbonyl (C=O) groups is 1. The Morgan fingerprint density at radius 2 is 1.44 bits per heavy atom. The van der Waals surface area contributed by atoms with Gasteiger partial charge in [-0.05, 0) is 53.9 Å². The normalized spacial score (nSPS) is 14.1. The first-order valence-corrected chi connectivity index (χ1v) is 14.1. The van der Waals surface area contributed by atoms with Crippen LogP contribution >= 0.6 is 0 Å². The van der Waals surface area contributed by atoms with Crippen molar-refractivity contribution < 1.29 is 9.53 Å². The molecule has 0 unspecified atom stereocenters. The lowest BCUT2D eigenvalue weighted by Crippen LogP contribution is -2.47. The van der Waals surface area contributed by atoms with Crippen molar-refractivity contribution in [2.24, 2.45) is 0 Å². The van der Waals surface area contributed by atoms with E-state index >= 15 is 0 Å². The molecule has 0 radical (unpaired) electrons. The molecule has 41 heavy (non-hydrogen) atoms. The van der Waals surface area contributed by atoms with Crippen LogP contribution in [-0.4, -0.2) is 44.2 Å². The molecule has 6 heteroatoms. The van der Waals surface area contributed by atoms with Crippen molar-refractivity contribution in [3.8, 4) is 5.75 Å². The van der Waals surface area contributed by atoms with Gasteiger partial charge in [-0.15, -0.1) is 0 Å². The van der Waals surface area contributed by atoms with Crippen LogP contribution in [0.5, 0.6) is 5.75 Å². The van der Waals surface area contributed by atoms with Crippen molar-refractivity contribution in [1.82, 2.24) is 10.3 Å². The highest BCUT2D eigenvalue weighted by atomic mass is 16.5. The molecule has 1 aliphatic rings. The maximum atomic E-state index is 14.0. The van der Waals surface area contributed by atoms with Gasteiger partial charge in [0.2, 0.25) is 0 Å². The molecule has 6 rings (SSSR count). The number of methoxy groups -OCH3 is 1. The van der Waals surface area contributed by atoms with E-state index in [1.54, 1.807) is 7.11 Å². The molecule has 0 aliphatic carbocycles. The van der Waals surface area contributed by atoms with Crippen LogP contribution in [0, 0.1) is 0 Å². The van der Waals surface area contributed by atoms with Gasteiger partial charge < -0.3 is 19.9 Å².